The third kappa shape index (κ3) is 4.23. The minimum atomic E-state index is -3.44. The van der Waals surface area contributed by atoms with Crippen molar-refractivity contribution in [2.45, 2.75) is 30.0 Å². The second-order valence-corrected chi connectivity index (χ2v) is 10.1. The quantitative estimate of drug-likeness (QED) is 0.770. The Hall–Kier alpha value is -1.12. The van der Waals surface area contributed by atoms with Crippen molar-refractivity contribution >= 4 is 50.5 Å². The summed E-state index contributed by atoms with van der Waals surface area (Å²) in [5, 5.41) is 3.26. The summed E-state index contributed by atoms with van der Waals surface area (Å²) in [5.41, 5.74) is 0.289. The fourth-order valence-corrected chi connectivity index (χ4v) is 6.12. The average molecular weight is 433 g/mol. The van der Waals surface area contributed by atoms with Crippen molar-refractivity contribution in [3.05, 3.63) is 50.8 Å². The molecule has 5 nitrogen and oxygen atoms in total. The van der Waals surface area contributed by atoms with Gasteiger partial charge in [-0.15, -0.1) is 11.3 Å². The molecular weight excluding hydrogens is 415 g/mol. The highest BCUT2D eigenvalue weighted by molar-refractivity contribution is 7.91. The molecule has 2 heterocycles. The first kappa shape index (κ1) is 19.6. The molecule has 1 N–H and O–H groups in total. The van der Waals surface area contributed by atoms with Crippen molar-refractivity contribution in [3.63, 3.8) is 0 Å². The summed E-state index contributed by atoms with van der Waals surface area (Å²) in [6, 6.07) is 8.17. The molecule has 0 unspecified atom stereocenters. The van der Waals surface area contributed by atoms with Gasteiger partial charge in [0, 0.05) is 18.0 Å². The highest BCUT2D eigenvalue weighted by atomic mass is 35.5. The number of halogens is 2. The monoisotopic (exact) mass is 432 g/mol. The second-order valence-electron chi connectivity index (χ2n) is 5.97. The molecule has 1 amide bonds. The fraction of sp³-hybridized carbons (Fsp3) is 0.353. The lowest BCUT2D eigenvalue weighted by Crippen LogP contribution is -2.35. The number of hydrogen-bond donors (Lipinski definition) is 1. The second kappa shape index (κ2) is 8.27. The van der Waals surface area contributed by atoms with E-state index in [9.17, 15) is 13.2 Å². The van der Waals surface area contributed by atoms with Gasteiger partial charge in [-0.2, -0.15) is 4.31 Å². The summed E-state index contributed by atoms with van der Waals surface area (Å²) in [4.78, 5) is 13.0. The Morgan fingerprint density at radius 3 is 2.58 bits per heavy atom. The van der Waals surface area contributed by atoms with Crippen LogP contribution >= 0.6 is 34.5 Å². The fourth-order valence-electron chi connectivity index (χ4n) is 2.77. The number of sulfonamides is 1. The first-order valence-electron chi connectivity index (χ1n) is 8.20. The molecule has 0 spiro atoms. The number of hydrogen-bond acceptors (Lipinski definition) is 4. The zero-order chi connectivity index (χ0) is 18.7. The number of carbonyl (C=O) groups is 1. The van der Waals surface area contributed by atoms with Gasteiger partial charge in [0.25, 0.3) is 15.9 Å². The van der Waals surface area contributed by atoms with E-state index in [0.29, 0.717) is 22.3 Å². The SMILES string of the molecule is O=C(NCc1ccc(S(=O)(=O)N2CCCCC2)s1)c1cccc(Cl)c1Cl. The van der Waals surface area contributed by atoms with Gasteiger partial charge in [0.1, 0.15) is 4.21 Å². The zero-order valence-corrected chi connectivity index (χ0v) is 17.0. The largest absolute Gasteiger partial charge is 0.347 e. The molecule has 1 fully saturated rings. The molecule has 3 rings (SSSR count). The number of thiophene rings is 1. The maximum atomic E-state index is 12.7. The van der Waals surface area contributed by atoms with Crippen LogP contribution in [0.1, 0.15) is 34.5 Å². The third-order valence-corrected chi connectivity index (χ3v) is 8.44. The third-order valence-electron chi connectivity index (χ3n) is 4.17. The van der Waals surface area contributed by atoms with Gasteiger partial charge in [0.15, 0.2) is 0 Å². The van der Waals surface area contributed by atoms with Crippen molar-refractivity contribution < 1.29 is 13.2 Å². The predicted molar refractivity (Wildman–Crippen MR) is 105 cm³/mol. The molecule has 140 valence electrons. The van der Waals surface area contributed by atoms with Crippen LogP contribution in [-0.4, -0.2) is 31.7 Å². The highest BCUT2D eigenvalue weighted by Gasteiger charge is 2.27. The number of nitrogens with zero attached hydrogens (tertiary/aromatic N) is 1. The van der Waals surface area contributed by atoms with Gasteiger partial charge < -0.3 is 5.32 Å². The Bertz CT molecular complexity index is 906. The molecule has 1 aromatic heterocycles. The van der Waals surface area contributed by atoms with Gasteiger partial charge in [0.05, 0.1) is 22.2 Å². The molecule has 0 atom stereocenters. The van der Waals surface area contributed by atoms with Crippen LogP contribution in [0.4, 0.5) is 0 Å². The normalized spacial score (nSPS) is 15.8. The van der Waals surface area contributed by atoms with Crippen molar-refractivity contribution in [3.8, 4) is 0 Å². The Kier molecular flexibility index (Phi) is 6.25. The van der Waals surface area contributed by atoms with Gasteiger partial charge in [-0.05, 0) is 37.1 Å². The molecule has 1 aliphatic heterocycles. The molecule has 0 bridgehead atoms. The zero-order valence-electron chi connectivity index (χ0n) is 13.9. The minimum absolute atomic E-state index is 0.200. The predicted octanol–water partition coefficient (Wildman–Crippen LogP) is 4.16. The van der Waals surface area contributed by atoms with Crippen LogP contribution in [0.3, 0.4) is 0 Å². The van der Waals surface area contributed by atoms with Crippen LogP contribution in [0, 0.1) is 0 Å². The molecular formula is C17H18Cl2N2O3S2. The van der Waals surface area contributed by atoms with E-state index in [1.54, 1.807) is 30.3 Å². The van der Waals surface area contributed by atoms with Crippen LogP contribution in [0.2, 0.25) is 10.0 Å². The van der Waals surface area contributed by atoms with Crippen molar-refractivity contribution in [2.75, 3.05) is 13.1 Å². The van der Waals surface area contributed by atoms with Crippen LogP contribution in [0.5, 0.6) is 0 Å². The maximum Gasteiger partial charge on any atom is 0.253 e. The Balaban J connectivity index is 1.67. The highest BCUT2D eigenvalue weighted by Crippen LogP contribution is 2.28. The number of amides is 1. The number of carbonyl (C=O) groups excluding carboxylic acids is 1. The van der Waals surface area contributed by atoms with E-state index in [0.717, 1.165) is 24.1 Å². The Morgan fingerprint density at radius 1 is 1.12 bits per heavy atom. The topological polar surface area (TPSA) is 66.5 Å². The first-order chi connectivity index (χ1) is 12.4. The molecule has 26 heavy (non-hydrogen) atoms. The van der Waals surface area contributed by atoms with Crippen molar-refractivity contribution in [1.82, 2.24) is 9.62 Å². The minimum Gasteiger partial charge on any atom is -0.347 e. The van der Waals surface area contributed by atoms with Gasteiger partial charge in [0.2, 0.25) is 0 Å². The number of benzene rings is 1. The van der Waals surface area contributed by atoms with Crippen LogP contribution in [0.25, 0.3) is 0 Å². The van der Waals surface area contributed by atoms with Crippen molar-refractivity contribution in [2.24, 2.45) is 0 Å². The lowest BCUT2D eigenvalue weighted by atomic mass is 10.2. The summed E-state index contributed by atoms with van der Waals surface area (Å²) in [6.07, 6.45) is 2.86. The Morgan fingerprint density at radius 2 is 1.85 bits per heavy atom. The number of nitrogens with one attached hydrogen (secondary N) is 1. The Labute approximate surface area is 167 Å². The van der Waals surface area contributed by atoms with E-state index in [2.05, 4.69) is 5.32 Å². The molecule has 1 aromatic carbocycles. The number of piperidine rings is 1. The molecule has 0 aliphatic carbocycles. The summed E-state index contributed by atoms with van der Waals surface area (Å²) in [6.45, 7) is 1.36. The van der Waals surface area contributed by atoms with E-state index < -0.39 is 10.0 Å². The average Bonchev–Trinajstić information content (AvgIpc) is 3.12. The van der Waals surface area contributed by atoms with Gasteiger partial charge >= 0.3 is 0 Å². The molecule has 1 saturated heterocycles. The summed E-state index contributed by atoms with van der Waals surface area (Å²) < 4.78 is 27.2. The van der Waals surface area contributed by atoms with Crippen molar-refractivity contribution in [1.29, 1.82) is 0 Å². The molecule has 2 aromatic rings. The van der Waals surface area contributed by atoms with E-state index in [-0.39, 0.29) is 23.0 Å². The van der Waals surface area contributed by atoms with Gasteiger partial charge in [-0.1, -0.05) is 35.7 Å². The smallest absolute Gasteiger partial charge is 0.253 e. The van der Waals surface area contributed by atoms with Crippen LogP contribution in [0.15, 0.2) is 34.5 Å². The molecule has 0 saturated carbocycles. The van der Waals surface area contributed by atoms with E-state index in [4.69, 9.17) is 23.2 Å². The molecule has 1 aliphatic rings. The maximum absolute atomic E-state index is 12.7. The number of rotatable bonds is 5. The van der Waals surface area contributed by atoms with Crippen LogP contribution < -0.4 is 5.32 Å². The van der Waals surface area contributed by atoms with E-state index in [1.807, 2.05) is 0 Å². The molecule has 0 radical (unpaired) electrons. The van der Waals surface area contributed by atoms with Crippen LogP contribution in [-0.2, 0) is 16.6 Å². The lowest BCUT2D eigenvalue weighted by Gasteiger charge is -2.25. The molecule has 9 heteroatoms. The first-order valence-corrected chi connectivity index (χ1v) is 11.2. The van der Waals surface area contributed by atoms with Gasteiger partial charge in [-0.3, -0.25) is 4.79 Å². The summed E-state index contributed by atoms with van der Waals surface area (Å²) in [5.74, 6) is -0.355. The van der Waals surface area contributed by atoms with E-state index in [1.165, 1.54) is 15.6 Å². The van der Waals surface area contributed by atoms with Gasteiger partial charge in [-0.25, -0.2) is 8.42 Å². The lowest BCUT2D eigenvalue weighted by molar-refractivity contribution is 0.0951. The summed E-state index contributed by atoms with van der Waals surface area (Å²) >= 11 is 13.1. The summed E-state index contributed by atoms with van der Waals surface area (Å²) in [7, 11) is -3.44. The standard InChI is InChI=1S/C17H18Cl2N2O3S2/c18-14-6-4-5-13(16(14)19)17(22)20-11-12-7-8-15(25-12)26(23,24)21-9-2-1-3-10-21/h4-8H,1-3,9-11H2,(H,20,22). The van der Waals surface area contributed by atoms with E-state index >= 15 is 0 Å².